The van der Waals surface area contributed by atoms with Crippen molar-refractivity contribution in [1.82, 2.24) is 9.10 Å². The maximum absolute atomic E-state index is 13.0. The van der Waals surface area contributed by atoms with Gasteiger partial charge in [-0.25, -0.2) is 13.1 Å². The molecule has 0 radical (unpaired) electrons. The zero-order chi connectivity index (χ0) is 20.4. The third-order valence-electron chi connectivity index (χ3n) is 3.87. The van der Waals surface area contributed by atoms with Crippen LogP contribution in [0.25, 0.3) is 10.1 Å². The fourth-order valence-electron chi connectivity index (χ4n) is 2.49. The van der Waals surface area contributed by atoms with Gasteiger partial charge in [-0.15, -0.1) is 0 Å². The second-order valence-corrected chi connectivity index (χ2v) is 9.27. The van der Waals surface area contributed by atoms with Crippen LogP contribution >= 0.6 is 27.5 Å². The van der Waals surface area contributed by atoms with Crippen molar-refractivity contribution in [1.29, 1.82) is 0 Å². The Bertz CT molecular complexity index is 1080. The summed E-state index contributed by atoms with van der Waals surface area (Å²) in [5, 5.41) is 4.13. The Morgan fingerprint density at radius 3 is 2.61 bits per heavy atom. The van der Waals surface area contributed by atoms with Crippen LogP contribution < -0.4 is 10.0 Å². The van der Waals surface area contributed by atoms with Crippen LogP contribution in [-0.4, -0.2) is 25.9 Å². The second-order valence-electron chi connectivity index (χ2n) is 5.84. The lowest BCUT2D eigenvalue weighted by Gasteiger charge is -2.12. The molecule has 2 N–H and O–H groups in total. The Morgan fingerprint density at radius 2 is 1.86 bits per heavy atom. The average Bonchev–Trinajstić information content (AvgIpc) is 3.04. The molecule has 0 amide bonds. The molecule has 0 bridgehead atoms. The molecule has 0 spiro atoms. The highest BCUT2D eigenvalue weighted by Gasteiger charge is 2.34. The van der Waals surface area contributed by atoms with Gasteiger partial charge in [0.25, 0.3) is 0 Å². The van der Waals surface area contributed by atoms with Gasteiger partial charge >= 0.3 is 6.18 Å². The predicted octanol–water partition coefficient (Wildman–Crippen LogP) is 4.86. The van der Waals surface area contributed by atoms with E-state index in [2.05, 4.69) is 30.3 Å². The molecule has 0 aliphatic heterocycles. The third-order valence-corrected chi connectivity index (χ3v) is 6.85. The lowest BCUT2D eigenvalue weighted by atomic mass is 10.2. The number of anilines is 1. The highest BCUT2D eigenvalue weighted by atomic mass is 79.9. The molecular weight excluding hydrogens is 479 g/mol. The number of halogens is 4. The maximum Gasteiger partial charge on any atom is 0.417 e. The number of fused-ring (bicyclic) bond motifs is 1. The Balaban J connectivity index is 1.57. The first-order chi connectivity index (χ1) is 13.2. The van der Waals surface area contributed by atoms with Gasteiger partial charge in [-0.3, -0.25) is 0 Å². The Morgan fingerprint density at radius 1 is 1.11 bits per heavy atom. The van der Waals surface area contributed by atoms with Gasteiger partial charge in [0.1, 0.15) is 5.82 Å². The molecule has 0 saturated carbocycles. The van der Waals surface area contributed by atoms with Gasteiger partial charge in [0, 0.05) is 22.9 Å². The van der Waals surface area contributed by atoms with Crippen LogP contribution in [0.1, 0.15) is 12.0 Å². The van der Waals surface area contributed by atoms with E-state index in [0.29, 0.717) is 19.0 Å². The van der Waals surface area contributed by atoms with Crippen LogP contribution in [0.3, 0.4) is 0 Å². The highest BCUT2D eigenvalue weighted by molar-refractivity contribution is 9.10. The summed E-state index contributed by atoms with van der Waals surface area (Å²) in [5.41, 5.74) is -1.03. The molecule has 0 unspecified atom stereocenters. The number of sulfonamides is 1. The molecule has 5 nitrogen and oxygen atoms in total. The highest BCUT2D eigenvalue weighted by Crippen LogP contribution is 2.36. The van der Waals surface area contributed by atoms with E-state index in [9.17, 15) is 21.6 Å². The van der Waals surface area contributed by atoms with Crippen LogP contribution in [0.2, 0.25) is 0 Å². The summed E-state index contributed by atoms with van der Waals surface area (Å²) in [6.45, 7) is 0.541. The fourth-order valence-corrected chi connectivity index (χ4v) is 4.81. The standard InChI is InChI=1S/C17H15BrF3N3O2S2/c18-14-7-6-11(10-13(14)17(19,20)21)28(25,26)23-9-3-8-22-16-12-4-1-2-5-15(12)27-24-16/h1-2,4-7,10,23H,3,8-9H2,(H,22,24). The molecule has 2 aromatic carbocycles. The second kappa shape index (κ2) is 8.36. The van der Waals surface area contributed by atoms with E-state index < -0.39 is 26.7 Å². The average molecular weight is 494 g/mol. The maximum atomic E-state index is 13.0. The zero-order valence-corrected chi connectivity index (χ0v) is 17.5. The topological polar surface area (TPSA) is 71.1 Å². The Kier molecular flexibility index (Phi) is 6.28. The molecule has 0 aliphatic carbocycles. The van der Waals surface area contributed by atoms with Gasteiger partial charge in [0.05, 0.1) is 15.2 Å². The molecule has 3 rings (SSSR count). The summed E-state index contributed by atoms with van der Waals surface area (Å²) < 4.78 is 70.9. The van der Waals surface area contributed by atoms with E-state index in [1.165, 1.54) is 11.5 Å². The number of alkyl halides is 3. The van der Waals surface area contributed by atoms with Crippen LogP contribution in [-0.2, 0) is 16.2 Å². The van der Waals surface area contributed by atoms with Crippen LogP contribution in [0, 0.1) is 0 Å². The molecule has 0 atom stereocenters. The number of nitrogens with one attached hydrogen (secondary N) is 2. The van der Waals surface area contributed by atoms with Crippen molar-refractivity contribution in [3.8, 4) is 0 Å². The molecule has 28 heavy (non-hydrogen) atoms. The number of aromatic nitrogens is 1. The number of nitrogens with zero attached hydrogens (tertiary/aromatic N) is 1. The minimum absolute atomic E-state index is 0.0782. The number of hydrogen-bond donors (Lipinski definition) is 2. The summed E-state index contributed by atoms with van der Waals surface area (Å²) in [6.07, 6.45) is -4.21. The monoisotopic (exact) mass is 493 g/mol. The van der Waals surface area contributed by atoms with E-state index in [1.54, 1.807) is 0 Å². The summed E-state index contributed by atoms with van der Waals surface area (Å²) in [4.78, 5) is -0.429. The van der Waals surface area contributed by atoms with Gasteiger partial charge in [0.15, 0.2) is 0 Å². The van der Waals surface area contributed by atoms with Crippen molar-refractivity contribution in [2.75, 3.05) is 18.4 Å². The fraction of sp³-hybridized carbons (Fsp3) is 0.235. The van der Waals surface area contributed by atoms with Crippen molar-refractivity contribution >= 4 is 53.4 Å². The molecule has 150 valence electrons. The Labute approximate surface area is 172 Å². The van der Waals surface area contributed by atoms with Crippen molar-refractivity contribution in [3.05, 3.63) is 52.5 Å². The summed E-state index contributed by atoms with van der Waals surface area (Å²) in [6, 6.07) is 10.5. The molecule has 0 fully saturated rings. The smallest absolute Gasteiger partial charge is 0.369 e. The van der Waals surface area contributed by atoms with Crippen molar-refractivity contribution in [2.45, 2.75) is 17.5 Å². The first-order valence-corrected chi connectivity index (χ1v) is 11.2. The minimum atomic E-state index is -4.65. The SMILES string of the molecule is O=S(=O)(NCCCNc1nsc2ccccc12)c1ccc(Br)c(C(F)(F)F)c1. The lowest BCUT2D eigenvalue weighted by molar-refractivity contribution is -0.138. The van der Waals surface area contributed by atoms with Gasteiger partial charge < -0.3 is 5.32 Å². The van der Waals surface area contributed by atoms with E-state index in [1.807, 2.05) is 24.3 Å². The molecule has 11 heteroatoms. The molecule has 0 saturated heterocycles. The number of rotatable bonds is 7. The molecule has 0 aliphatic rings. The van der Waals surface area contributed by atoms with Crippen LogP contribution in [0.4, 0.5) is 19.0 Å². The molecular formula is C17H15BrF3N3O2S2. The summed E-state index contributed by atoms with van der Waals surface area (Å²) >= 11 is 4.16. The van der Waals surface area contributed by atoms with Crippen molar-refractivity contribution < 1.29 is 21.6 Å². The zero-order valence-electron chi connectivity index (χ0n) is 14.3. The van der Waals surface area contributed by atoms with Crippen molar-refractivity contribution in [3.63, 3.8) is 0 Å². The minimum Gasteiger partial charge on any atom is -0.369 e. The molecule has 3 aromatic rings. The normalized spacial score (nSPS) is 12.4. The largest absolute Gasteiger partial charge is 0.417 e. The Hall–Kier alpha value is -1.69. The van der Waals surface area contributed by atoms with E-state index in [0.717, 1.165) is 28.0 Å². The molecule has 1 heterocycles. The first-order valence-electron chi connectivity index (χ1n) is 8.13. The van der Waals surface area contributed by atoms with Gasteiger partial charge in [-0.2, -0.15) is 17.5 Å². The number of hydrogen-bond acceptors (Lipinski definition) is 5. The predicted molar refractivity (Wildman–Crippen MR) is 107 cm³/mol. The summed E-state index contributed by atoms with van der Waals surface area (Å²) in [7, 11) is -4.04. The van der Waals surface area contributed by atoms with Gasteiger partial charge in [-0.1, -0.05) is 28.1 Å². The van der Waals surface area contributed by atoms with E-state index in [-0.39, 0.29) is 11.0 Å². The first kappa shape index (κ1) is 21.0. The van der Waals surface area contributed by atoms with E-state index >= 15 is 0 Å². The lowest BCUT2D eigenvalue weighted by Crippen LogP contribution is -2.26. The van der Waals surface area contributed by atoms with Crippen molar-refractivity contribution in [2.24, 2.45) is 0 Å². The van der Waals surface area contributed by atoms with E-state index in [4.69, 9.17) is 0 Å². The summed E-state index contributed by atoms with van der Waals surface area (Å²) in [5.74, 6) is 0.728. The number of benzene rings is 2. The van der Waals surface area contributed by atoms with Gasteiger partial charge in [-0.05, 0) is 48.3 Å². The molecule has 1 aromatic heterocycles. The van der Waals surface area contributed by atoms with Crippen LogP contribution in [0.15, 0.2) is 51.8 Å². The third kappa shape index (κ3) is 4.83. The quantitative estimate of drug-likeness (QED) is 0.461. The van der Waals surface area contributed by atoms with Crippen LogP contribution in [0.5, 0.6) is 0 Å². The van der Waals surface area contributed by atoms with Gasteiger partial charge in [0.2, 0.25) is 10.0 Å².